The van der Waals surface area contributed by atoms with Crippen molar-refractivity contribution in [1.82, 2.24) is 20.1 Å². The van der Waals surface area contributed by atoms with Gasteiger partial charge in [0.05, 0.1) is 6.20 Å². The van der Waals surface area contributed by atoms with E-state index in [4.69, 9.17) is 0 Å². The molecule has 0 unspecified atom stereocenters. The first-order valence-corrected chi connectivity index (χ1v) is 9.35. The van der Waals surface area contributed by atoms with E-state index in [1.54, 1.807) is 6.20 Å². The summed E-state index contributed by atoms with van der Waals surface area (Å²) in [5.74, 6) is 1.46. The van der Waals surface area contributed by atoms with E-state index in [9.17, 15) is 0 Å². The highest BCUT2D eigenvalue weighted by Crippen LogP contribution is 2.15. The Morgan fingerprint density at radius 3 is 2.19 bits per heavy atom. The van der Waals surface area contributed by atoms with Crippen molar-refractivity contribution in [2.45, 2.75) is 13.1 Å². The summed E-state index contributed by atoms with van der Waals surface area (Å²) in [6, 6.07) is 20.9. The zero-order chi connectivity index (χ0) is 18.3. The summed E-state index contributed by atoms with van der Waals surface area (Å²) in [6.07, 6.45) is 1.75. The van der Waals surface area contributed by atoms with Gasteiger partial charge in [0, 0.05) is 39.3 Å². The molecule has 0 saturated carbocycles. The Morgan fingerprint density at radius 2 is 1.48 bits per heavy atom. The molecular weight excluding hydrogens is 336 g/mol. The van der Waals surface area contributed by atoms with E-state index in [-0.39, 0.29) is 0 Å². The fourth-order valence-electron chi connectivity index (χ4n) is 3.28. The second kappa shape index (κ2) is 8.60. The molecule has 27 heavy (non-hydrogen) atoms. The monoisotopic (exact) mass is 360 g/mol. The number of aromatic nitrogens is 3. The maximum atomic E-state index is 4.64. The van der Waals surface area contributed by atoms with E-state index in [1.165, 1.54) is 11.1 Å². The van der Waals surface area contributed by atoms with Crippen molar-refractivity contribution in [2.75, 3.05) is 36.4 Å². The van der Waals surface area contributed by atoms with Crippen LogP contribution in [0.3, 0.4) is 0 Å². The van der Waals surface area contributed by atoms with Crippen molar-refractivity contribution >= 4 is 11.8 Å². The highest BCUT2D eigenvalue weighted by Gasteiger charge is 2.18. The van der Waals surface area contributed by atoms with Gasteiger partial charge in [0.1, 0.15) is 0 Å². The number of nitrogens with zero attached hydrogens (tertiary/aromatic N) is 5. The third kappa shape index (κ3) is 4.80. The van der Waals surface area contributed by atoms with Crippen LogP contribution in [0.2, 0.25) is 0 Å². The first kappa shape index (κ1) is 17.4. The summed E-state index contributed by atoms with van der Waals surface area (Å²) >= 11 is 0. The molecule has 0 amide bonds. The second-order valence-electron chi connectivity index (χ2n) is 6.73. The van der Waals surface area contributed by atoms with Crippen LogP contribution in [0.4, 0.5) is 11.8 Å². The predicted molar refractivity (Wildman–Crippen MR) is 108 cm³/mol. The number of benzene rings is 2. The second-order valence-corrected chi connectivity index (χ2v) is 6.73. The molecule has 6 heteroatoms. The van der Waals surface area contributed by atoms with Crippen molar-refractivity contribution in [3.05, 3.63) is 78.0 Å². The van der Waals surface area contributed by atoms with Crippen molar-refractivity contribution in [3.63, 3.8) is 0 Å². The average molecular weight is 360 g/mol. The van der Waals surface area contributed by atoms with Crippen LogP contribution in [0.5, 0.6) is 0 Å². The zero-order valence-electron chi connectivity index (χ0n) is 15.3. The van der Waals surface area contributed by atoms with E-state index in [0.29, 0.717) is 12.5 Å². The van der Waals surface area contributed by atoms with E-state index < -0.39 is 0 Å². The Morgan fingerprint density at radius 1 is 0.815 bits per heavy atom. The summed E-state index contributed by atoms with van der Waals surface area (Å²) in [7, 11) is 0. The fourth-order valence-corrected chi connectivity index (χ4v) is 3.28. The average Bonchev–Trinajstić information content (AvgIpc) is 2.75. The lowest BCUT2D eigenvalue weighted by molar-refractivity contribution is 0.249. The minimum absolute atomic E-state index is 0.572. The summed E-state index contributed by atoms with van der Waals surface area (Å²) in [4.78, 5) is 9.41. The minimum atomic E-state index is 0.572. The predicted octanol–water partition coefficient (Wildman–Crippen LogP) is 2.81. The molecule has 1 aliphatic rings. The van der Waals surface area contributed by atoms with Gasteiger partial charge in [0.15, 0.2) is 5.82 Å². The van der Waals surface area contributed by atoms with Gasteiger partial charge in [-0.15, -0.1) is 5.10 Å². The van der Waals surface area contributed by atoms with Crippen LogP contribution < -0.4 is 10.2 Å². The van der Waals surface area contributed by atoms with E-state index in [0.717, 1.165) is 38.5 Å². The lowest BCUT2D eigenvalue weighted by atomic mass is 10.2. The van der Waals surface area contributed by atoms with Gasteiger partial charge < -0.3 is 10.2 Å². The van der Waals surface area contributed by atoms with Crippen molar-refractivity contribution in [3.8, 4) is 0 Å². The highest BCUT2D eigenvalue weighted by molar-refractivity contribution is 5.41. The molecule has 2 aromatic carbocycles. The van der Waals surface area contributed by atoms with Gasteiger partial charge in [0.2, 0.25) is 5.95 Å². The molecule has 0 spiro atoms. The lowest BCUT2D eigenvalue weighted by Crippen LogP contribution is -2.46. The Balaban J connectivity index is 1.32. The molecule has 1 aromatic heterocycles. The largest absolute Gasteiger partial charge is 0.353 e. The van der Waals surface area contributed by atoms with E-state index in [2.05, 4.69) is 72.8 Å². The molecule has 0 bridgehead atoms. The van der Waals surface area contributed by atoms with Crippen LogP contribution in [0.15, 0.2) is 66.9 Å². The lowest BCUT2D eigenvalue weighted by Gasteiger charge is -2.35. The highest BCUT2D eigenvalue weighted by atomic mass is 15.3. The van der Waals surface area contributed by atoms with Gasteiger partial charge in [-0.1, -0.05) is 60.7 Å². The van der Waals surface area contributed by atoms with Crippen LogP contribution in [0.25, 0.3) is 0 Å². The third-order valence-corrected chi connectivity index (χ3v) is 4.78. The molecule has 0 aliphatic carbocycles. The van der Waals surface area contributed by atoms with Crippen LogP contribution in [-0.4, -0.2) is 46.3 Å². The topological polar surface area (TPSA) is 57.2 Å². The molecule has 1 N–H and O–H groups in total. The zero-order valence-corrected chi connectivity index (χ0v) is 15.3. The molecule has 4 rings (SSSR count). The minimum Gasteiger partial charge on any atom is -0.353 e. The van der Waals surface area contributed by atoms with Gasteiger partial charge >= 0.3 is 0 Å². The number of anilines is 2. The van der Waals surface area contributed by atoms with Gasteiger partial charge in [-0.05, 0) is 11.1 Å². The maximum Gasteiger partial charge on any atom is 0.244 e. The normalized spacial score (nSPS) is 14.9. The molecule has 138 valence electrons. The maximum absolute atomic E-state index is 4.64. The standard InChI is InChI=1S/C21H24N6/c1-3-7-18(8-4-1)15-22-21-24-20(16-23-25-21)27-13-11-26(12-14-27)17-19-9-5-2-6-10-19/h1-10,16H,11-15,17H2,(H,22,24,25). The molecule has 1 saturated heterocycles. The smallest absolute Gasteiger partial charge is 0.244 e. The number of rotatable bonds is 6. The number of hydrogen-bond donors (Lipinski definition) is 1. The molecule has 0 atom stereocenters. The SMILES string of the molecule is c1ccc(CNc2nncc(N3CCN(Cc4ccccc4)CC3)n2)cc1. The number of piperazine rings is 1. The van der Waals surface area contributed by atoms with Crippen molar-refractivity contribution < 1.29 is 0 Å². The first-order chi connectivity index (χ1) is 13.4. The Kier molecular flexibility index (Phi) is 5.55. The Hall–Kier alpha value is -2.99. The molecule has 3 aromatic rings. The summed E-state index contributed by atoms with van der Waals surface area (Å²) < 4.78 is 0. The summed E-state index contributed by atoms with van der Waals surface area (Å²) in [5, 5.41) is 11.5. The van der Waals surface area contributed by atoms with E-state index >= 15 is 0 Å². The molecule has 6 nitrogen and oxygen atoms in total. The molecule has 0 radical (unpaired) electrons. The van der Waals surface area contributed by atoms with Gasteiger partial charge in [-0.25, -0.2) is 0 Å². The molecule has 1 aliphatic heterocycles. The quantitative estimate of drug-likeness (QED) is 0.729. The summed E-state index contributed by atoms with van der Waals surface area (Å²) in [5.41, 5.74) is 2.56. The number of hydrogen-bond acceptors (Lipinski definition) is 6. The van der Waals surface area contributed by atoms with Crippen molar-refractivity contribution in [2.24, 2.45) is 0 Å². The van der Waals surface area contributed by atoms with Gasteiger partial charge in [-0.2, -0.15) is 10.1 Å². The Labute approximate surface area is 159 Å². The Bertz CT molecular complexity index is 832. The van der Waals surface area contributed by atoms with Crippen LogP contribution in [-0.2, 0) is 13.1 Å². The fraction of sp³-hybridized carbons (Fsp3) is 0.286. The number of nitrogens with one attached hydrogen (secondary N) is 1. The van der Waals surface area contributed by atoms with E-state index in [1.807, 2.05) is 18.2 Å². The van der Waals surface area contributed by atoms with Crippen LogP contribution in [0, 0.1) is 0 Å². The molecule has 2 heterocycles. The van der Waals surface area contributed by atoms with Crippen LogP contribution >= 0.6 is 0 Å². The van der Waals surface area contributed by atoms with Gasteiger partial charge in [0.25, 0.3) is 0 Å². The third-order valence-electron chi connectivity index (χ3n) is 4.78. The first-order valence-electron chi connectivity index (χ1n) is 9.35. The molecular formula is C21H24N6. The molecule has 1 fully saturated rings. The van der Waals surface area contributed by atoms with Gasteiger partial charge in [-0.3, -0.25) is 4.90 Å². The summed E-state index contributed by atoms with van der Waals surface area (Å²) in [6.45, 7) is 5.63. The van der Waals surface area contributed by atoms with Crippen molar-refractivity contribution in [1.29, 1.82) is 0 Å². The van der Waals surface area contributed by atoms with Crippen LogP contribution in [0.1, 0.15) is 11.1 Å².